The fourth-order valence-corrected chi connectivity index (χ4v) is 5.25. The number of hydrogen-bond acceptors (Lipinski definition) is 5. The molecule has 1 atom stereocenters. The average Bonchev–Trinajstić information content (AvgIpc) is 3.31. The van der Waals surface area contributed by atoms with Crippen LogP contribution in [0.4, 0.5) is 0 Å². The fourth-order valence-electron chi connectivity index (χ4n) is 5.25. The molecule has 204 valence electrons. The van der Waals surface area contributed by atoms with Gasteiger partial charge in [0.15, 0.2) is 0 Å². The van der Waals surface area contributed by atoms with Crippen LogP contribution in [0.25, 0.3) is 10.9 Å². The molecule has 0 bridgehead atoms. The van der Waals surface area contributed by atoms with Crippen LogP contribution >= 0.6 is 0 Å². The van der Waals surface area contributed by atoms with Crippen molar-refractivity contribution in [3.8, 4) is 5.75 Å². The van der Waals surface area contributed by atoms with Crippen LogP contribution in [0.15, 0.2) is 54.7 Å². The lowest BCUT2D eigenvalue weighted by Crippen LogP contribution is -2.53. The molecule has 1 fully saturated rings. The Bertz CT molecular complexity index is 1220. The second kappa shape index (κ2) is 12.9. The summed E-state index contributed by atoms with van der Waals surface area (Å²) < 4.78 is 5.51. The normalized spacial score (nSPS) is 15.5. The number of aromatic nitrogens is 1. The van der Waals surface area contributed by atoms with Crippen molar-refractivity contribution in [2.75, 3.05) is 46.4 Å². The number of nitrogens with one attached hydrogen (secondary N) is 2. The van der Waals surface area contributed by atoms with Crippen molar-refractivity contribution < 1.29 is 14.3 Å². The third-order valence-corrected chi connectivity index (χ3v) is 7.45. The van der Waals surface area contributed by atoms with E-state index >= 15 is 0 Å². The van der Waals surface area contributed by atoms with Crippen LogP contribution in [0, 0.1) is 0 Å². The molecular weight excluding hydrogens is 478 g/mol. The number of carbonyl (C=O) groups excluding carboxylic acids is 2. The molecule has 0 aliphatic carbocycles. The summed E-state index contributed by atoms with van der Waals surface area (Å²) in [6, 6.07) is 16.2. The standard InChI is InChI=1S/C30H41N5O3/c1-22(2)34-15-13-33(14-16-34)21-30(37)32-26(17-25-18-31-28-11-7-6-10-27(25)28)20-35(23(3)36)19-24-9-5-8-12-29(24)38-4/h5-12,18,22,26,31H,13-17,19-21H2,1-4H3,(H,32,37)/t26-/m1/s1. The topological polar surface area (TPSA) is 80.9 Å². The number of nitrogens with zero attached hydrogens (tertiary/aromatic N) is 3. The second-order valence-corrected chi connectivity index (χ2v) is 10.4. The molecule has 0 radical (unpaired) electrons. The first-order valence-corrected chi connectivity index (χ1v) is 13.5. The zero-order valence-electron chi connectivity index (χ0n) is 23.1. The molecular formula is C30H41N5O3. The van der Waals surface area contributed by atoms with Crippen LogP contribution in [0.5, 0.6) is 5.75 Å². The average molecular weight is 520 g/mol. The first-order valence-electron chi connectivity index (χ1n) is 13.5. The Balaban J connectivity index is 1.49. The van der Waals surface area contributed by atoms with E-state index in [1.54, 1.807) is 18.9 Å². The van der Waals surface area contributed by atoms with E-state index in [2.05, 4.69) is 40.0 Å². The van der Waals surface area contributed by atoms with E-state index in [4.69, 9.17) is 4.74 Å². The maximum atomic E-state index is 13.2. The predicted molar refractivity (Wildman–Crippen MR) is 151 cm³/mol. The van der Waals surface area contributed by atoms with Gasteiger partial charge in [-0.3, -0.25) is 19.4 Å². The zero-order chi connectivity index (χ0) is 27.1. The molecule has 38 heavy (non-hydrogen) atoms. The number of methoxy groups -OCH3 is 1. The molecule has 0 unspecified atom stereocenters. The van der Waals surface area contributed by atoms with Gasteiger partial charge in [0, 0.05) is 74.9 Å². The molecule has 1 aliphatic heterocycles. The summed E-state index contributed by atoms with van der Waals surface area (Å²) in [5.41, 5.74) is 3.12. The van der Waals surface area contributed by atoms with E-state index in [0.717, 1.165) is 54.0 Å². The van der Waals surface area contributed by atoms with Gasteiger partial charge in [0.25, 0.3) is 0 Å². The number of ether oxygens (including phenoxy) is 1. The summed E-state index contributed by atoms with van der Waals surface area (Å²) in [4.78, 5) is 35.8. The molecule has 2 amide bonds. The molecule has 2 heterocycles. The molecule has 4 rings (SSSR count). The molecule has 0 spiro atoms. The van der Waals surface area contributed by atoms with Crippen LogP contribution < -0.4 is 10.1 Å². The minimum Gasteiger partial charge on any atom is -0.496 e. The van der Waals surface area contributed by atoms with E-state index in [9.17, 15) is 9.59 Å². The molecule has 2 aromatic carbocycles. The Labute approximate surface area is 225 Å². The van der Waals surface area contributed by atoms with E-state index in [1.165, 1.54) is 0 Å². The molecule has 8 heteroatoms. The monoisotopic (exact) mass is 519 g/mol. The van der Waals surface area contributed by atoms with Crippen molar-refractivity contribution in [2.24, 2.45) is 0 Å². The third kappa shape index (κ3) is 7.14. The highest BCUT2D eigenvalue weighted by atomic mass is 16.5. The summed E-state index contributed by atoms with van der Waals surface area (Å²) in [5.74, 6) is 0.698. The van der Waals surface area contributed by atoms with Crippen LogP contribution in [0.1, 0.15) is 31.9 Å². The van der Waals surface area contributed by atoms with E-state index in [-0.39, 0.29) is 17.9 Å². The van der Waals surface area contributed by atoms with Crippen molar-refractivity contribution in [3.63, 3.8) is 0 Å². The number of H-pyrrole nitrogens is 1. The highest BCUT2D eigenvalue weighted by Gasteiger charge is 2.24. The summed E-state index contributed by atoms with van der Waals surface area (Å²) in [6.07, 6.45) is 2.62. The van der Waals surface area contributed by atoms with Crippen molar-refractivity contribution >= 4 is 22.7 Å². The zero-order valence-corrected chi connectivity index (χ0v) is 23.1. The second-order valence-electron chi connectivity index (χ2n) is 10.4. The van der Waals surface area contributed by atoms with Gasteiger partial charge in [-0.15, -0.1) is 0 Å². The lowest BCUT2D eigenvalue weighted by atomic mass is 10.0. The molecule has 0 saturated carbocycles. The van der Waals surface area contributed by atoms with Gasteiger partial charge in [0.05, 0.1) is 19.7 Å². The molecule has 1 saturated heterocycles. The summed E-state index contributed by atoms with van der Waals surface area (Å²) in [7, 11) is 1.64. The number of piperazine rings is 1. The lowest BCUT2D eigenvalue weighted by molar-refractivity contribution is -0.131. The molecule has 2 N–H and O–H groups in total. The number of para-hydroxylation sites is 2. The Morgan fingerprint density at radius 3 is 2.45 bits per heavy atom. The number of aromatic amines is 1. The van der Waals surface area contributed by atoms with Crippen molar-refractivity contribution in [1.82, 2.24) is 25.0 Å². The summed E-state index contributed by atoms with van der Waals surface area (Å²) in [6.45, 7) is 10.9. The summed E-state index contributed by atoms with van der Waals surface area (Å²) in [5, 5.41) is 4.40. The number of amides is 2. The third-order valence-electron chi connectivity index (χ3n) is 7.45. The smallest absolute Gasteiger partial charge is 0.234 e. The largest absolute Gasteiger partial charge is 0.496 e. The van der Waals surface area contributed by atoms with Crippen molar-refractivity contribution in [1.29, 1.82) is 0 Å². The Morgan fingerprint density at radius 1 is 1.03 bits per heavy atom. The highest BCUT2D eigenvalue weighted by molar-refractivity contribution is 5.83. The Morgan fingerprint density at radius 2 is 1.74 bits per heavy atom. The minimum atomic E-state index is -0.239. The predicted octanol–water partition coefficient (Wildman–Crippen LogP) is 3.28. The summed E-state index contributed by atoms with van der Waals surface area (Å²) >= 11 is 0. The molecule has 1 aromatic heterocycles. The number of carbonyl (C=O) groups is 2. The first kappa shape index (κ1) is 27.7. The minimum absolute atomic E-state index is 0.00590. The van der Waals surface area contributed by atoms with Crippen LogP contribution in [0.2, 0.25) is 0 Å². The lowest BCUT2D eigenvalue weighted by Gasteiger charge is -2.36. The quantitative estimate of drug-likeness (QED) is 0.407. The van der Waals surface area contributed by atoms with E-state index in [1.807, 2.05) is 48.7 Å². The van der Waals surface area contributed by atoms with Crippen LogP contribution in [0.3, 0.4) is 0 Å². The maximum absolute atomic E-state index is 13.2. The number of benzene rings is 2. The van der Waals surface area contributed by atoms with E-state index < -0.39 is 0 Å². The number of fused-ring (bicyclic) bond motifs is 1. The van der Waals surface area contributed by atoms with Gasteiger partial charge in [-0.2, -0.15) is 0 Å². The van der Waals surface area contributed by atoms with Crippen LogP contribution in [-0.4, -0.2) is 90.0 Å². The van der Waals surface area contributed by atoms with Gasteiger partial charge in [0.1, 0.15) is 5.75 Å². The SMILES string of the molecule is COc1ccccc1CN(C[C@@H](Cc1c[nH]c2ccccc12)NC(=O)CN1CCN(C(C)C)CC1)C(C)=O. The van der Waals surface area contributed by atoms with Gasteiger partial charge < -0.3 is 19.9 Å². The van der Waals surface area contributed by atoms with Gasteiger partial charge in [-0.05, 0) is 38.0 Å². The van der Waals surface area contributed by atoms with Gasteiger partial charge in [-0.25, -0.2) is 0 Å². The van der Waals surface area contributed by atoms with Gasteiger partial charge in [0.2, 0.25) is 11.8 Å². The first-order chi connectivity index (χ1) is 18.3. The Kier molecular flexibility index (Phi) is 9.42. The van der Waals surface area contributed by atoms with E-state index in [0.29, 0.717) is 32.1 Å². The fraction of sp³-hybridized carbons (Fsp3) is 0.467. The van der Waals surface area contributed by atoms with Crippen LogP contribution in [-0.2, 0) is 22.6 Å². The van der Waals surface area contributed by atoms with Crippen molar-refractivity contribution in [3.05, 3.63) is 65.9 Å². The van der Waals surface area contributed by atoms with Crippen molar-refractivity contribution in [2.45, 2.75) is 45.8 Å². The number of rotatable bonds is 11. The molecule has 8 nitrogen and oxygen atoms in total. The number of hydrogen-bond donors (Lipinski definition) is 2. The van der Waals surface area contributed by atoms with Gasteiger partial charge in [-0.1, -0.05) is 36.4 Å². The molecule has 1 aliphatic rings. The molecule has 3 aromatic rings. The maximum Gasteiger partial charge on any atom is 0.234 e. The highest BCUT2D eigenvalue weighted by Crippen LogP contribution is 2.22. The Hall–Kier alpha value is -3.36. The van der Waals surface area contributed by atoms with Gasteiger partial charge >= 0.3 is 0 Å².